The van der Waals surface area contributed by atoms with Gasteiger partial charge >= 0.3 is 0 Å². The van der Waals surface area contributed by atoms with Gasteiger partial charge in [0.25, 0.3) is 11.8 Å². The molecule has 1 atom stereocenters. The molecule has 2 heterocycles. The van der Waals surface area contributed by atoms with Crippen molar-refractivity contribution in [3.63, 3.8) is 0 Å². The molecule has 0 aliphatic carbocycles. The molecular formula is C28H25BrN4O2. The summed E-state index contributed by atoms with van der Waals surface area (Å²) in [5.41, 5.74) is 4.55. The molecule has 1 aliphatic heterocycles. The zero-order valence-corrected chi connectivity index (χ0v) is 21.3. The van der Waals surface area contributed by atoms with E-state index in [1.54, 1.807) is 29.0 Å². The normalized spacial score (nSPS) is 16.9. The first-order valence-corrected chi connectivity index (χ1v) is 11.9. The number of anilines is 1. The Labute approximate surface area is 212 Å². The molecule has 0 bridgehead atoms. The number of hydrogen-bond acceptors (Lipinski definition) is 3. The van der Waals surface area contributed by atoms with E-state index in [1.165, 1.54) is 0 Å². The summed E-state index contributed by atoms with van der Waals surface area (Å²) in [6, 6.07) is 14.8. The molecule has 0 unspecified atom stereocenters. The van der Waals surface area contributed by atoms with Crippen LogP contribution >= 0.6 is 15.9 Å². The summed E-state index contributed by atoms with van der Waals surface area (Å²) in [5, 5.41) is 7.63. The van der Waals surface area contributed by atoms with Gasteiger partial charge in [0.1, 0.15) is 11.5 Å². The first-order valence-electron chi connectivity index (χ1n) is 11.2. The van der Waals surface area contributed by atoms with Crippen molar-refractivity contribution in [3.8, 4) is 0 Å². The Morgan fingerprint density at radius 2 is 1.94 bits per heavy atom. The van der Waals surface area contributed by atoms with Crippen LogP contribution in [0.1, 0.15) is 45.6 Å². The van der Waals surface area contributed by atoms with E-state index >= 15 is 0 Å². The third-order valence-electron chi connectivity index (χ3n) is 5.74. The average Bonchev–Trinajstić information content (AvgIpc) is 3.16. The number of aryl methyl sites for hydroxylation is 2. The van der Waals surface area contributed by atoms with Crippen LogP contribution < -0.4 is 5.32 Å². The van der Waals surface area contributed by atoms with Crippen molar-refractivity contribution in [2.75, 3.05) is 5.32 Å². The first kappa shape index (κ1) is 24.3. The predicted molar refractivity (Wildman–Crippen MR) is 144 cm³/mol. The SMILES string of the molecule is C=C/C(=C\C=C/C)n1nc(C)c2c1NC(=O)/C(=N\C(=O)c1cccc(C)c1)[C@H]2c1ccc(Br)cc1. The maximum atomic E-state index is 13.4. The molecule has 35 heavy (non-hydrogen) atoms. The molecule has 0 fully saturated rings. The van der Waals surface area contributed by atoms with Crippen LogP contribution in [-0.2, 0) is 4.79 Å². The van der Waals surface area contributed by atoms with Crippen molar-refractivity contribution in [1.29, 1.82) is 0 Å². The zero-order chi connectivity index (χ0) is 25.1. The van der Waals surface area contributed by atoms with E-state index in [9.17, 15) is 9.59 Å². The van der Waals surface area contributed by atoms with Gasteiger partial charge in [0.15, 0.2) is 0 Å². The van der Waals surface area contributed by atoms with Gasteiger partial charge in [-0.15, -0.1) is 0 Å². The Morgan fingerprint density at radius 3 is 2.60 bits per heavy atom. The van der Waals surface area contributed by atoms with Crippen molar-refractivity contribution < 1.29 is 9.59 Å². The molecule has 0 saturated heterocycles. The molecule has 1 aromatic heterocycles. The lowest BCUT2D eigenvalue weighted by molar-refractivity contribution is -0.110. The second kappa shape index (κ2) is 10.2. The molecule has 4 rings (SSSR count). The molecule has 1 N–H and O–H groups in total. The fourth-order valence-electron chi connectivity index (χ4n) is 4.10. The molecule has 6 nitrogen and oxygen atoms in total. The van der Waals surface area contributed by atoms with Gasteiger partial charge in [-0.25, -0.2) is 9.67 Å². The van der Waals surface area contributed by atoms with Crippen LogP contribution in [0.2, 0.25) is 0 Å². The van der Waals surface area contributed by atoms with Crippen molar-refractivity contribution in [3.05, 3.63) is 112 Å². The molecule has 0 spiro atoms. The van der Waals surface area contributed by atoms with Crippen LogP contribution in [0.15, 0.2) is 88.9 Å². The number of amides is 2. The number of nitrogens with zero attached hydrogens (tertiary/aromatic N) is 3. The highest BCUT2D eigenvalue weighted by Gasteiger charge is 2.38. The number of nitrogens with one attached hydrogen (secondary N) is 1. The topological polar surface area (TPSA) is 76.3 Å². The van der Waals surface area contributed by atoms with E-state index in [4.69, 9.17) is 5.10 Å². The Balaban J connectivity index is 1.92. The minimum atomic E-state index is -0.567. The zero-order valence-electron chi connectivity index (χ0n) is 19.7. The Bertz CT molecular complexity index is 1410. The van der Waals surface area contributed by atoms with E-state index in [0.717, 1.165) is 26.9 Å². The van der Waals surface area contributed by atoms with Crippen LogP contribution in [0, 0.1) is 13.8 Å². The molecule has 0 radical (unpaired) electrons. The van der Waals surface area contributed by atoms with E-state index in [0.29, 0.717) is 17.1 Å². The fraction of sp³-hybridized carbons (Fsp3) is 0.143. The molecule has 176 valence electrons. The standard InChI is InChI=1S/C28H25BrN4O2/c1-5-7-11-22(6-2)33-26-23(18(4)32-33)24(19-12-14-21(29)15-13-19)25(28(35)31-26)30-27(34)20-10-8-9-17(3)16-20/h5-16,24H,2H2,1,3-4H3,(H,31,35)/b7-5-,22-11+,30-25-/t24-/m0/s1. The first-order chi connectivity index (χ1) is 16.8. The Morgan fingerprint density at radius 1 is 1.20 bits per heavy atom. The number of aliphatic imine (C=N–C) groups is 1. The van der Waals surface area contributed by atoms with Crippen LogP contribution in [0.5, 0.6) is 0 Å². The lowest BCUT2D eigenvalue weighted by Gasteiger charge is -2.26. The van der Waals surface area contributed by atoms with Gasteiger partial charge in [-0.1, -0.05) is 64.5 Å². The smallest absolute Gasteiger partial charge is 0.277 e. The average molecular weight is 529 g/mol. The molecule has 3 aromatic rings. The largest absolute Gasteiger partial charge is 0.305 e. The molecular weight excluding hydrogens is 504 g/mol. The number of benzene rings is 2. The summed E-state index contributed by atoms with van der Waals surface area (Å²) in [4.78, 5) is 30.9. The van der Waals surface area contributed by atoms with Crippen LogP contribution in [0.4, 0.5) is 5.82 Å². The fourth-order valence-corrected chi connectivity index (χ4v) is 4.36. The maximum Gasteiger partial charge on any atom is 0.277 e. The number of carbonyl (C=O) groups excluding carboxylic acids is 2. The number of hydrogen-bond donors (Lipinski definition) is 1. The van der Waals surface area contributed by atoms with Gasteiger partial charge in [0, 0.05) is 15.6 Å². The van der Waals surface area contributed by atoms with Crippen molar-refractivity contribution >= 4 is 45.0 Å². The molecule has 1 aliphatic rings. The maximum absolute atomic E-state index is 13.4. The molecule has 2 aromatic carbocycles. The van der Waals surface area contributed by atoms with Gasteiger partial charge in [0.2, 0.25) is 0 Å². The van der Waals surface area contributed by atoms with Crippen LogP contribution in [0.3, 0.4) is 0 Å². The van der Waals surface area contributed by atoms with Crippen molar-refractivity contribution in [2.45, 2.75) is 26.7 Å². The second-order valence-electron chi connectivity index (χ2n) is 8.19. The van der Waals surface area contributed by atoms with Gasteiger partial charge in [-0.05, 0) is 62.8 Å². The quantitative estimate of drug-likeness (QED) is 0.398. The summed E-state index contributed by atoms with van der Waals surface area (Å²) in [5.74, 6) is -0.934. The van der Waals surface area contributed by atoms with Crippen LogP contribution in [0.25, 0.3) is 5.70 Å². The van der Waals surface area contributed by atoms with Gasteiger partial charge in [-0.2, -0.15) is 5.10 Å². The highest BCUT2D eigenvalue weighted by molar-refractivity contribution is 9.10. The third kappa shape index (κ3) is 4.86. The summed E-state index contributed by atoms with van der Waals surface area (Å²) < 4.78 is 2.58. The van der Waals surface area contributed by atoms with E-state index in [1.807, 2.05) is 69.3 Å². The van der Waals surface area contributed by atoms with Crippen molar-refractivity contribution in [1.82, 2.24) is 9.78 Å². The number of aromatic nitrogens is 2. The predicted octanol–water partition coefficient (Wildman–Crippen LogP) is 6.23. The summed E-state index contributed by atoms with van der Waals surface area (Å²) in [6.07, 6.45) is 7.33. The van der Waals surface area contributed by atoms with E-state index in [2.05, 4.69) is 32.8 Å². The lowest BCUT2D eigenvalue weighted by atomic mass is 9.84. The lowest BCUT2D eigenvalue weighted by Crippen LogP contribution is -2.36. The van der Waals surface area contributed by atoms with Crippen LogP contribution in [-0.4, -0.2) is 27.3 Å². The van der Waals surface area contributed by atoms with Crippen molar-refractivity contribution in [2.24, 2.45) is 4.99 Å². The second-order valence-corrected chi connectivity index (χ2v) is 9.11. The monoisotopic (exact) mass is 528 g/mol. The van der Waals surface area contributed by atoms with E-state index < -0.39 is 17.7 Å². The highest BCUT2D eigenvalue weighted by Crippen LogP contribution is 2.39. The number of allylic oxidation sites excluding steroid dienone is 5. The minimum absolute atomic E-state index is 0.131. The van der Waals surface area contributed by atoms with Gasteiger partial charge < -0.3 is 5.32 Å². The Kier molecular flexibility index (Phi) is 7.07. The summed E-state index contributed by atoms with van der Waals surface area (Å²) in [6.45, 7) is 9.61. The van der Waals surface area contributed by atoms with E-state index in [-0.39, 0.29) is 5.71 Å². The molecule has 0 saturated carbocycles. The molecule has 7 heteroatoms. The molecule has 2 amide bonds. The number of carbonyl (C=O) groups is 2. The number of fused-ring (bicyclic) bond motifs is 1. The number of rotatable bonds is 5. The Hall–Kier alpha value is -3.84. The minimum Gasteiger partial charge on any atom is -0.305 e. The van der Waals surface area contributed by atoms with Gasteiger partial charge in [-0.3, -0.25) is 9.59 Å². The number of halogens is 1. The third-order valence-corrected chi connectivity index (χ3v) is 6.27. The summed E-state index contributed by atoms with van der Waals surface area (Å²) in [7, 11) is 0. The summed E-state index contributed by atoms with van der Waals surface area (Å²) >= 11 is 3.47. The van der Waals surface area contributed by atoms with Gasteiger partial charge in [0.05, 0.1) is 17.3 Å². The highest BCUT2D eigenvalue weighted by atomic mass is 79.9.